The van der Waals surface area contributed by atoms with Gasteiger partial charge in [0.05, 0.1) is 5.56 Å². The van der Waals surface area contributed by atoms with Crippen molar-refractivity contribution in [2.75, 3.05) is 17.6 Å². The number of halogens is 3. The Morgan fingerprint density at radius 3 is 2.47 bits per heavy atom. The van der Waals surface area contributed by atoms with Crippen molar-refractivity contribution in [1.29, 1.82) is 0 Å². The first-order valence-corrected chi connectivity index (χ1v) is 6.51. The van der Waals surface area contributed by atoms with Crippen LogP contribution in [0.2, 0.25) is 0 Å². The van der Waals surface area contributed by atoms with Gasteiger partial charge >= 0.3 is 6.18 Å². The third-order valence-corrected chi connectivity index (χ3v) is 3.89. The van der Waals surface area contributed by atoms with Crippen LogP contribution in [0.15, 0.2) is 18.2 Å². The number of nitrogens with one attached hydrogen (secondary N) is 1. The molecule has 1 fully saturated rings. The number of nitrogens with two attached hydrogens (primary N) is 1. The van der Waals surface area contributed by atoms with Gasteiger partial charge < -0.3 is 11.1 Å². The van der Waals surface area contributed by atoms with E-state index in [1.807, 2.05) is 0 Å². The monoisotopic (exact) mass is 272 g/mol. The molecule has 0 aromatic heterocycles. The first kappa shape index (κ1) is 14.0. The maximum Gasteiger partial charge on any atom is 0.418 e. The molecule has 0 saturated heterocycles. The average molecular weight is 272 g/mol. The molecular weight excluding hydrogens is 253 g/mol. The maximum atomic E-state index is 12.7. The molecule has 3 N–H and O–H groups in total. The fourth-order valence-corrected chi connectivity index (χ4v) is 2.63. The lowest BCUT2D eigenvalue weighted by molar-refractivity contribution is -0.136. The molecule has 0 spiro atoms. The van der Waals surface area contributed by atoms with Crippen molar-refractivity contribution in [3.8, 4) is 0 Å². The van der Waals surface area contributed by atoms with Gasteiger partial charge in [0, 0.05) is 17.9 Å². The Kier molecular flexibility index (Phi) is 3.65. The predicted octanol–water partition coefficient (Wildman–Crippen LogP) is 4.28. The summed E-state index contributed by atoms with van der Waals surface area (Å²) < 4.78 is 38.2. The zero-order valence-corrected chi connectivity index (χ0v) is 11.0. The molecule has 1 saturated carbocycles. The van der Waals surface area contributed by atoms with E-state index in [0.717, 1.165) is 18.9 Å². The van der Waals surface area contributed by atoms with Crippen molar-refractivity contribution < 1.29 is 13.2 Å². The van der Waals surface area contributed by atoms with Crippen LogP contribution in [0, 0.1) is 5.41 Å². The fourth-order valence-electron chi connectivity index (χ4n) is 2.63. The molecule has 0 unspecified atom stereocenters. The number of alkyl halides is 3. The van der Waals surface area contributed by atoms with Gasteiger partial charge in [-0.05, 0) is 36.5 Å². The quantitative estimate of drug-likeness (QED) is 0.806. The topological polar surface area (TPSA) is 38.0 Å². The van der Waals surface area contributed by atoms with E-state index in [-0.39, 0.29) is 11.1 Å². The van der Waals surface area contributed by atoms with Crippen LogP contribution in [0.25, 0.3) is 0 Å². The van der Waals surface area contributed by atoms with Gasteiger partial charge in [-0.25, -0.2) is 0 Å². The van der Waals surface area contributed by atoms with Crippen molar-refractivity contribution in [1.82, 2.24) is 0 Å². The molecule has 0 aliphatic heterocycles. The third kappa shape index (κ3) is 3.33. The second-order valence-corrected chi connectivity index (χ2v) is 5.67. The highest BCUT2D eigenvalue weighted by Crippen LogP contribution is 2.38. The molecule has 106 valence electrons. The summed E-state index contributed by atoms with van der Waals surface area (Å²) in [4.78, 5) is 0. The Bertz CT molecular complexity index is 448. The van der Waals surface area contributed by atoms with E-state index >= 15 is 0 Å². The maximum absolute atomic E-state index is 12.7. The fraction of sp³-hybridized carbons (Fsp3) is 0.571. The first-order chi connectivity index (χ1) is 8.80. The van der Waals surface area contributed by atoms with E-state index < -0.39 is 11.7 Å². The van der Waals surface area contributed by atoms with Gasteiger partial charge in [0.1, 0.15) is 0 Å². The summed E-state index contributed by atoms with van der Waals surface area (Å²) in [6.45, 7) is 2.88. The van der Waals surface area contributed by atoms with Crippen LogP contribution in [0.1, 0.15) is 38.2 Å². The number of benzene rings is 1. The molecular formula is C14H19F3N2. The Labute approximate surface area is 111 Å². The van der Waals surface area contributed by atoms with Gasteiger partial charge in [0.2, 0.25) is 0 Å². The van der Waals surface area contributed by atoms with Crippen LogP contribution < -0.4 is 11.1 Å². The van der Waals surface area contributed by atoms with E-state index in [9.17, 15) is 13.2 Å². The van der Waals surface area contributed by atoms with Crippen LogP contribution in [0.3, 0.4) is 0 Å². The van der Waals surface area contributed by atoms with Gasteiger partial charge in [-0.1, -0.05) is 19.8 Å². The molecule has 2 nitrogen and oxygen atoms in total. The lowest BCUT2D eigenvalue weighted by Crippen LogP contribution is -2.23. The highest BCUT2D eigenvalue weighted by atomic mass is 19.4. The number of hydrogen-bond acceptors (Lipinski definition) is 2. The zero-order valence-electron chi connectivity index (χ0n) is 11.0. The number of nitrogen functional groups attached to an aromatic ring is 1. The summed E-state index contributed by atoms with van der Waals surface area (Å²) in [5.74, 6) is 0. The summed E-state index contributed by atoms with van der Waals surface area (Å²) >= 11 is 0. The average Bonchev–Trinajstić information content (AvgIpc) is 2.74. The molecule has 5 heteroatoms. The third-order valence-electron chi connectivity index (χ3n) is 3.89. The van der Waals surface area contributed by atoms with Crippen molar-refractivity contribution in [3.05, 3.63) is 23.8 Å². The van der Waals surface area contributed by atoms with E-state index in [1.54, 1.807) is 6.07 Å². The normalized spacial score (nSPS) is 18.5. The molecule has 0 amide bonds. The summed E-state index contributed by atoms with van der Waals surface area (Å²) in [6.07, 6.45) is 0.253. The van der Waals surface area contributed by atoms with Gasteiger partial charge in [0.15, 0.2) is 0 Å². The molecule has 0 radical (unpaired) electrons. The predicted molar refractivity (Wildman–Crippen MR) is 70.9 cm³/mol. The van der Waals surface area contributed by atoms with Crippen molar-refractivity contribution in [2.24, 2.45) is 5.41 Å². The van der Waals surface area contributed by atoms with E-state index in [1.165, 1.54) is 18.9 Å². The van der Waals surface area contributed by atoms with Crippen LogP contribution in [0.4, 0.5) is 24.5 Å². The molecule has 0 bridgehead atoms. The van der Waals surface area contributed by atoms with Crippen LogP contribution in [-0.2, 0) is 6.18 Å². The zero-order chi connectivity index (χ0) is 14.1. The molecule has 1 aromatic carbocycles. The molecule has 0 atom stereocenters. The SMILES string of the molecule is CC1(CNc2ccc(N)c(C(F)(F)F)c2)CCCC1. The van der Waals surface area contributed by atoms with Crippen molar-refractivity contribution in [2.45, 2.75) is 38.8 Å². The van der Waals surface area contributed by atoms with Crippen LogP contribution in [-0.4, -0.2) is 6.54 Å². The summed E-state index contributed by atoms with van der Waals surface area (Å²) in [5, 5.41) is 3.11. The standard InChI is InChI=1S/C14H19F3N2/c1-13(6-2-3-7-13)9-19-10-4-5-12(18)11(8-10)14(15,16)17/h4-5,8,19H,2-3,6-7,9,18H2,1H3. The molecule has 2 rings (SSSR count). The van der Waals surface area contributed by atoms with Gasteiger partial charge in [-0.3, -0.25) is 0 Å². The van der Waals surface area contributed by atoms with Crippen molar-refractivity contribution >= 4 is 11.4 Å². The Morgan fingerprint density at radius 1 is 1.26 bits per heavy atom. The minimum atomic E-state index is -4.40. The van der Waals surface area contributed by atoms with Gasteiger partial charge in [0.25, 0.3) is 0 Å². The minimum Gasteiger partial charge on any atom is -0.398 e. The summed E-state index contributed by atoms with van der Waals surface area (Å²) in [7, 11) is 0. The lowest BCUT2D eigenvalue weighted by atomic mass is 9.89. The second-order valence-electron chi connectivity index (χ2n) is 5.67. The molecule has 0 heterocycles. The smallest absolute Gasteiger partial charge is 0.398 e. The largest absolute Gasteiger partial charge is 0.418 e. The van der Waals surface area contributed by atoms with E-state index in [4.69, 9.17) is 5.73 Å². The Hall–Kier alpha value is -1.39. The number of anilines is 2. The number of hydrogen-bond donors (Lipinski definition) is 2. The van der Waals surface area contributed by atoms with E-state index in [0.29, 0.717) is 12.2 Å². The highest BCUT2D eigenvalue weighted by Gasteiger charge is 2.33. The number of rotatable bonds is 3. The lowest BCUT2D eigenvalue weighted by Gasteiger charge is -2.24. The first-order valence-electron chi connectivity index (χ1n) is 6.51. The molecule has 1 aromatic rings. The van der Waals surface area contributed by atoms with Gasteiger partial charge in [-0.2, -0.15) is 13.2 Å². The van der Waals surface area contributed by atoms with Crippen LogP contribution in [0.5, 0.6) is 0 Å². The molecule has 1 aliphatic carbocycles. The molecule has 1 aliphatic rings. The summed E-state index contributed by atoms with van der Waals surface area (Å²) in [5.41, 5.74) is 5.05. The Morgan fingerprint density at radius 2 is 1.89 bits per heavy atom. The van der Waals surface area contributed by atoms with Gasteiger partial charge in [-0.15, -0.1) is 0 Å². The second kappa shape index (κ2) is 4.94. The molecule has 19 heavy (non-hydrogen) atoms. The Balaban J connectivity index is 2.09. The van der Waals surface area contributed by atoms with Crippen LogP contribution >= 0.6 is 0 Å². The van der Waals surface area contributed by atoms with E-state index in [2.05, 4.69) is 12.2 Å². The highest BCUT2D eigenvalue weighted by molar-refractivity contribution is 5.58. The minimum absolute atomic E-state index is 0.194. The summed E-state index contributed by atoms with van der Waals surface area (Å²) in [6, 6.07) is 4.00. The van der Waals surface area contributed by atoms with Crippen molar-refractivity contribution in [3.63, 3.8) is 0 Å².